The van der Waals surface area contributed by atoms with E-state index in [1.165, 1.54) is 6.42 Å². The highest BCUT2D eigenvalue weighted by Crippen LogP contribution is 2.23. The average Bonchev–Trinajstić information content (AvgIpc) is 2.42. The van der Waals surface area contributed by atoms with Gasteiger partial charge in [-0.05, 0) is 26.8 Å². The van der Waals surface area contributed by atoms with Crippen LogP contribution in [0.4, 0.5) is 5.82 Å². The molecule has 19 heavy (non-hydrogen) atoms. The Bertz CT molecular complexity index is 434. The SMILES string of the molecule is CCCN1CCOC(c2nc(C)c(C)c(NC)n2)C1. The summed E-state index contributed by atoms with van der Waals surface area (Å²) in [5.74, 6) is 1.70. The molecule has 2 rings (SSSR count). The van der Waals surface area contributed by atoms with Crippen LogP contribution >= 0.6 is 0 Å². The zero-order chi connectivity index (χ0) is 13.8. The molecule has 1 aliphatic heterocycles. The Hall–Kier alpha value is -1.20. The fourth-order valence-corrected chi connectivity index (χ4v) is 2.42. The molecule has 0 aromatic carbocycles. The zero-order valence-electron chi connectivity index (χ0n) is 12.4. The predicted octanol–water partition coefficient (Wildman–Crippen LogP) is 1.92. The van der Waals surface area contributed by atoms with Crippen LogP contribution in [0, 0.1) is 13.8 Å². The van der Waals surface area contributed by atoms with Gasteiger partial charge in [0.1, 0.15) is 11.9 Å². The summed E-state index contributed by atoms with van der Waals surface area (Å²) in [5.41, 5.74) is 2.12. The lowest BCUT2D eigenvalue weighted by Crippen LogP contribution is -2.39. The highest BCUT2D eigenvalue weighted by atomic mass is 16.5. The molecule has 1 aromatic heterocycles. The summed E-state index contributed by atoms with van der Waals surface area (Å²) in [6.45, 7) is 10.0. The van der Waals surface area contributed by atoms with Crippen LogP contribution in [-0.2, 0) is 4.74 Å². The molecule has 1 unspecified atom stereocenters. The lowest BCUT2D eigenvalue weighted by Gasteiger charge is -2.32. The first-order valence-corrected chi connectivity index (χ1v) is 7.02. The van der Waals surface area contributed by atoms with Crippen LogP contribution in [0.2, 0.25) is 0 Å². The Morgan fingerprint density at radius 2 is 2.16 bits per heavy atom. The number of anilines is 1. The van der Waals surface area contributed by atoms with Gasteiger partial charge in [0.2, 0.25) is 0 Å². The van der Waals surface area contributed by atoms with Crippen molar-refractivity contribution >= 4 is 5.82 Å². The van der Waals surface area contributed by atoms with E-state index in [4.69, 9.17) is 4.74 Å². The van der Waals surface area contributed by atoms with Crippen LogP contribution < -0.4 is 5.32 Å². The van der Waals surface area contributed by atoms with Gasteiger partial charge in [0.25, 0.3) is 0 Å². The monoisotopic (exact) mass is 264 g/mol. The summed E-state index contributed by atoms with van der Waals surface area (Å²) in [6.07, 6.45) is 1.16. The maximum absolute atomic E-state index is 5.84. The number of rotatable bonds is 4. The van der Waals surface area contributed by atoms with Crippen molar-refractivity contribution in [3.8, 4) is 0 Å². The fraction of sp³-hybridized carbons (Fsp3) is 0.714. The minimum atomic E-state index is -0.00769. The van der Waals surface area contributed by atoms with E-state index in [9.17, 15) is 0 Å². The molecule has 1 aromatic rings. The van der Waals surface area contributed by atoms with Gasteiger partial charge in [0.05, 0.1) is 6.61 Å². The highest BCUT2D eigenvalue weighted by Gasteiger charge is 2.24. The standard InChI is InChI=1S/C14H24N4O/c1-5-6-18-7-8-19-12(9-18)14-16-11(3)10(2)13(15-4)17-14/h12H,5-9H2,1-4H3,(H,15,16,17). The van der Waals surface area contributed by atoms with Crippen LogP contribution in [0.25, 0.3) is 0 Å². The predicted molar refractivity (Wildman–Crippen MR) is 76.5 cm³/mol. The molecule has 106 valence electrons. The van der Waals surface area contributed by atoms with Crippen molar-refractivity contribution < 1.29 is 4.74 Å². The number of nitrogens with zero attached hydrogens (tertiary/aromatic N) is 3. The van der Waals surface area contributed by atoms with Gasteiger partial charge in [-0.15, -0.1) is 0 Å². The van der Waals surface area contributed by atoms with E-state index in [0.29, 0.717) is 0 Å². The molecule has 0 aliphatic carbocycles. The first kappa shape index (κ1) is 14.2. The van der Waals surface area contributed by atoms with E-state index in [2.05, 4.69) is 27.1 Å². The molecular weight excluding hydrogens is 240 g/mol. The Morgan fingerprint density at radius 3 is 2.84 bits per heavy atom. The third-order valence-corrected chi connectivity index (χ3v) is 3.62. The van der Waals surface area contributed by atoms with Gasteiger partial charge < -0.3 is 10.1 Å². The molecule has 0 saturated carbocycles. The maximum atomic E-state index is 5.84. The number of aryl methyl sites for hydroxylation is 1. The number of nitrogens with one attached hydrogen (secondary N) is 1. The minimum absolute atomic E-state index is 0.00769. The molecular formula is C14H24N4O. The third-order valence-electron chi connectivity index (χ3n) is 3.62. The number of hydrogen-bond acceptors (Lipinski definition) is 5. The summed E-state index contributed by atoms with van der Waals surface area (Å²) in [7, 11) is 1.89. The van der Waals surface area contributed by atoms with Crippen LogP contribution in [0.5, 0.6) is 0 Å². The molecule has 1 saturated heterocycles. The van der Waals surface area contributed by atoms with Crippen molar-refractivity contribution in [1.82, 2.24) is 14.9 Å². The van der Waals surface area contributed by atoms with Crippen LogP contribution in [0.3, 0.4) is 0 Å². The van der Waals surface area contributed by atoms with Gasteiger partial charge in [-0.1, -0.05) is 6.92 Å². The van der Waals surface area contributed by atoms with Gasteiger partial charge >= 0.3 is 0 Å². The third kappa shape index (κ3) is 3.22. The molecule has 1 aliphatic rings. The average molecular weight is 264 g/mol. The molecule has 0 bridgehead atoms. The summed E-state index contributed by atoms with van der Waals surface area (Å²) in [4.78, 5) is 11.6. The van der Waals surface area contributed by atoms with Gasteiger partial charge in [0.15, 0.2) is 5.82 Å². The van der Waals surface area contributed by atoms with E-state index < -0.39 is 0 Å². The van der Waals surface area contributed by atoms with E-state index in [-0.39, 0.29) is 6.10 Å². The van der Waals surface area contributed by atoms with E-state index >= 15 is 0 Å². The van der Waals surface area contributed by atoms with Crippen molar-refractivity contribution in [1.29, 1.82) is 0 Å². The summed E-state index contributed by atoms with van der Waals surface area (Å²) >= 11 is 0. The van der Waals surface area contributed by atoms with Crippen molar-refractivity contribution in [3.05, 3.63) is 17.1 Å². The zero-order valence-corrected chi connectivity index (χ0v) is 12.4. The van der Waals surface area contributed by atoms with Crippen LogP contribution in [0.1, 0.15) is 36.5 Å². The smallest absolute Gasteiger partial charge is 0.161 e. The van der Waals surface area contributed by atoms with Gasteiger partial charge in [0, 0.05) is 31.4 Å². The van der Waals surface area contributed by atoms with Gasteiger partial charge in [-0.3, -0.25) is 4.90 Å². The van der Waals surface area contributed by atoms with Crippen molar-refractivity contribution in [2.45, 2.75) is 33.3 Å². The molecule has 5 nitrogen and oxygen atoms in total. The molecule has 2 heterocycles. The van der Waals surface area contributed by atoms with Crippen molar-refractivity contribution in [3.63, 3.8) is 0 Å². The van der Waals surface area contributed by atoms with E-state index in [1.54, 1.807) is 0 Å². The van der Waals surface area contributed by atoms with E-state index in [0.717, 1.165) is 49.1 Å². The topological polar surface area (TPSA) is 50.3 Å². The summed E-state index contributed by atoms with van der Waals surface area (Å²) in [5, 5.41) is 3.13. The largest absolute Gasteiger partial charge is 0.373 e. The second kappa shape index (κ2) is 6.30. The first-order chi connectivity index (χ1) is 9.15. The van der Waals surface area contributed by atoms with Gasteiger partial charge in [-0.2, -0.15) is 0 Å². The molecule has 1 fully saturated rings. The minimum Gasteiger partial charge on any atom is -0.373 e. The number of aromatic nitrogens is 2. The quantitative estimate of drug-likeness (QED) is 0.900. The van der Waals surface area contributed by atoms with E-state index in [1.807, 2.05) is 20.9 Å². The Kier molecular flexibility index (Phi) is 4.71. The maximum Gasteiger partial charge on any atom is 0.161 e. The molecule has 5 heteroatoms. The lowest BCUT2D eigenvalue weighted by atomic mass is 10.2. The number of ether oxygens (including phenoxy) is 1. The summed E-state index contributed by atoms with van der Waals surface area (Å²) < 4.78 is 5.84. The Balaban J connectivity index is 2.19. The van der Waals surface area contributed by atoms with Crippen molar-refractivity contribution in [2.24, 2.45) is 0 Å². The second-order valence-corrected chi connectivity index (χ2v) is 5.05. The highest BCUT2D eigenvalue weighted by molar-refractivity contribution is 5.45. The molecule has 1 atom stereocenters. The number of hydrogen-bond donors (Lipinski definition) is 1. The second-order valence-electron chi connectivity index (χ2n) is 5.05. The van der Waals surface area contributed by atoms with Crippen molar-refractivity contribution in [2.75, 3.05) is 38.6 Å². The van der Waals surface area contributed by atoms with Gasteiger partial charge in [-0.25, -0.2) is 9.97 Å². The molecule has 0 amide bonds. The molecule has 0 spiro atoms. The Labute approximate surface area is 115 Å². The Morgan fingerprint density at radius 1 is 1.37 bits per heavy atom. The van der Waals surface area contributed by atoms with Crippen LogP contribution in [0.15, 0.2) is 0 Å². The fourth-order valence-electron chi connectivity index (χ4n) is 2.42. The normalized spacial score (nSPS) is 20.5. The lowest BCUT2D eigenvalue weighted by molar-refractivity contribution is -0.0342. The summed E-state index contributed by atoms with van der Waals surface area (Å²) in [6, 6.07) is 0. The van der Waals surface area contributed by atoms with Crippen LogP contribution in [-0.4, -0.2) is 48.2 Å². The number of morpholine rings is 1. The molecule has 1 N–H and O–H groups in total. The first-order valence-electron chi connectivity index (χ1n) is 7.02. The molecule has 0 radical (unpaired) electrons.